The first-order chi connectivity index (χ1) is 9.67. The van der Waals surface area contributed by atoms with Gasteiger partial charge in [-0.15, -0.1) is 11.3 Å². The number of benzene rings is 1. The van der Waals surface area contributed by atoms with Crippen molar-refractivity contribution >= 4 is 22.9 Å². The summed E-state index contributed by atoms with van der Waals surface area (Å²) in [4.78, 5) is 3.50. The molecule has 0 fully saturated rings. The van der Waals surface area contributed by atoms with E-state index in [0.717, 1.165) is 23.7 Å². The molecule has 0 saturated heterocycles. The fraction of sp³-hybridized carbons (Fsp3) is 0.250. The Kier molecular flexibility index (Phi) is 5.63. The van der Waals surface area contributed by atoms with E-state index in [9.17, 15) is 0 Å². The molecule has 0 aliphatic rings. The van der Waals surface area contributed by atoms with Gasteiger partial charge in [-0.05, 0) is 30.8 Å². The van der Waals surface area contributed by atoms with Crippen molar-refractivity contribution in [1.29, 1.82) is 0 Å². The highest BCUT2D eigenvalue weighted by atomic mass is 35.5. The third-order valence-electron chi connectivity index (χ3n) is 2.73. The minimum Gasteiger partial charge on any atom is -0.384 e. The summed E-state index contributed by atoms with van der Waals surface area (Å²) < 4.78 is 0. The molecule has 104 valence electrons. The van der Waals surface area contributed by atoms with Gasteiger partial charge in [0.25, 0.3) is 0 Å². The SMILES string of the molecule is CN(Cc1cccc(Cl)c1)Cc1cc(C#CCO)cs1. The lowest BCUT2D eigenvalue weighted by atomic mass is 10.2. The van der Waals surface area contributed by atoms with E-state index in [2.05, 4.69) is 35.9 Å². The summed E-state index contributed by atoms with van der Waals surface area (Å²) in [6.07, 6.45) is 0. The van der Waals surface area contributed by atoms with Crippen molar-refractivity contribution in [3.8, 4) is 11.8 Å². The quantitative estimate of drug-likeness (QED) is 0.875. The van der Waals surface area contributed by atoms with E-state index in [0.29, 0.717) is 0 Å². The maximum absolute atomic E-state index is 8.68. The molecule has 20 heavy (non-hydrogen) atoms. The van der Waals surface area contributed by atoms with E-state index in [1.165, 1.54) is 10.4 Å². The first kappa shape index (κ1) is 15.1. The van der Waals surface area contributed by atoms with Crippen LogP contribution < -0.4 is 0 Å². The first-order valence-corrected chi connectivity index (χ1v) is 7.53. The maximum Gasteiger partial charge on any atom is 0.104 e. The van der Waals surface area contributed by atoms with Gasteiger partial charge in [0.15, 0.2) is 0 Å². The van der Waals surface area contributed by atoms with Gasteiger partial charge in [0.2, 0.25) is 0 Å². The normalized spacial score (nSPS) is 10.4. The minimum absolute atomic E-state index is 0.0974. The Bertz CT molecular complexity index is 627. The van der Waals surface area contributed by atoms with Crippen molar-refractivity contribution in [3.63, 3.8) is 0 Å². The van der Waals surface area contributed by atoms with Crippen molar-refractivity contribution < 1.29 is 5.11 Å². The molecule has 0 bridgehead atoms. The Morgan fingerprint density at radius 1 is 1.30 bits per heavy atom. The highest BCUT2D eigenvalue weighted by molar-refractivity contribution is 7.10. The number of rotatable bonds is 4. The van der Waals surface area contributed by atoms with Gasteiger partial charge >= 0.3 is 0 Å². The molecule has 0 unspecified atom stereocenters. The van der Waals surface area contributed by atoms with Gasteiger partial charge in [-0.2, -0.15) is 0 Å². The zero-order chi connectivity index (χ0) is 14.4. The molecule has 0 saturated carbocycles. The lowest BCUT2D eigenvalue weighted by molar-refractivity contribution is 0.322. The zero-order valence-electron chi connectivity index (χ0n) is 11.3. The summed E-state index contributed by atoms with van der Waals surface area (Å²) in [5.41, 5.74) is 2.17. The van der Waals surface area contributed by atoms with Crippen LogP contribution in [-0.4, -0.2) is 23.7 Å². The van der Waals surface area contributed by atoms with Crippen molar-refractivity contribution in [2.45, 2.75) is 13.1 Å². The predicted molar refractivity (Wildman–Crippen MR) is 84.9 cm³/mol. The second-order valence-electron chi connectivity index (χ2n) is 4.56. The van der Waals surface area contributed by atoms with Crippen molar-refractivity contribution in [1.82, 2.24) is 4.90 Å². The van der Waals surface area contributed by atoms with Gasteiger partial charge in [0.05, 0.1) is 0 Å². The molecule has 0 spiro atoms. The van der Waals surface area contributed by atoms with E-state index >= 15 is 0 Å². The molecule has 1 aromatic carbocycles. The van der Waals surface area contributed by atoms with E-state index in [-0.39, 0.29) is 6.61 Å². The van der Waals surface area contributed by atoms with Crippen LogP contribution in [0.1, 0.15) is 16.0 Å². The Hall–Kier alpha value is -1.31. The lowest BCUT2D eigenvalue weighted by Gasteiger charge is -2.15. The van der Waals surface area contributed by atoms with E-state index < -0.39 is 0 Å². The molecule has 2 nitrogen and oxygen atoms in total. The van der Waals surface area contributed by atoms with Gasteiger partial charge in [0, 0.05) is 33.9 Å². The molecule has 1 N–H and O–H groups in total. The smallest absolute Gasteiger partial charge is 0.104 e. The van der Waals surface area contributed by atoms with Crippen molar-refractivity contribution in [2.75, 3.05) is 13.7 Å². The Balaban J connectivity index is 1.94. The maximum atomic E-state index is 8.68. The minimum atomic E-state index is -0.0974. The second kappa shape index (κ2) is 7.47. The third-order valence-corrected chi connectivity index (χ3v) is 3.89. The lowest BCUT2D eigenvalue weighted by Crippen LogP contribution is -2.16. The summed E-state index contributed by atoms with van der Waals surface area (Å²) in [5, 5.41) is 11.5. The van der Waals surface area contributed by atoms with Gasteiger partial charge in [-0.3, -0.25) is 4.90 Å². The molecule has 0 amide bonds. The summed E-state index contributed by atoms with van der Waals surface area (Å²) >= 11 is 7.68. The third kappa shape index (κ3) is 4.66. The number of aliphatic hydroxyl groups is 1. The van der Waals surface area contributed by atoms with Gasteiger partial charge < -0.3 is 5.11 Å². The number of aliphatic hydroxyl groups excluding tert-OH is 1. The Morgan fingerprint density at radius 2 is 2.15 bits per heavy atom. The molecular formula is C16H16ClNOS. The average Bonchev–Trinajstić information content (AvgIpc) is 2.83. The monoisotopic (exact) mass is 305 g/mol. The Morgan fingerprint density at radius 3 is 2.90 bits per heavy atom. The van der Waals surface area contributed by atoms with Crippen LogP contribution in [-0.2, 0) is 13.1 Å². The molecule has 0 atom stereocenters. The fourth-order valence-corrected chi connectivity index (χ4v) is 3.05. The first-order valence-electron chi connectivity index (χ1n) is 6.27. The topological polar surface area (TPSA) is 23.5 Å². The fourth-order valence-electron chi connectivity index (χ4n) is 1.94. The Labute approximate surface area is 128 Å². The summed E-state index contributed by atoms with van der Waals surface area (Å²) in [7, 11) is 2.08. The van der Waals surface area contributed by atoms with Crippen LogP contribution in [0.3, 0.4) is 0 Å². The molecular weight excluding hydrogens is 290 g/mol. The second-order valence-corrected chi connectivity index (χ2v) is 6.00. The van der Waals surface area contributed by atoms with Crippen molar-refractivity contribution in [2.24, 2.45) is 0 Å². The number of nitrogens with zero attached hydrogens (tertiary/aromatic N) is 1. The van der Waals surface area contributed by atoms with Crippen LogP contribution in [0.5, 0.6) is 0 Å². The molecule has 0 aliphatic carbocycles. The van der Waals surface area contributed by atoms with Gasteiger partial charge in [-0.25, -0.2) is 0 Å². The van der Waals surface area contributed by atoms with Crippen LogP contribution in [0.25, 0.3) is 0 Å². The zero-order valence-corrected chi connectivity index (χ0v) is 12.8. The van der Waals surface area contributed by atoms with Crippen LogP contribution in [0, 0.1) is 11.8 Å². The number of halogens is 1. The van der Waals surface area contributed by atoms with Gasteiger partial charge in [-0.1, -0.05) is 35.6 Å². The highest BCUT2D eigenvalue weighted by Gasteiger charge is 2.04. The largest absolute Gasteiger partial charge is 0.384 e. The molecule has 2 aromatic rings. The average molecular weight is 306 g/mol. The number of hydrogen-bond donors (Lipinski definition) is 1. The van der Waals surface area contributed by atoms with E-state index in [1.807, 2.05) is 23.6 Å². The molecule has 1 heterocycles. The summed E-state index contributed by atoms with van der Waals surface area (Å²) in [6.45, 7) is 1.63. The predicted octanol–water partition coefficient (Wildman–Crippen LogP) is 3.38. The van der Waals surface area contributed by atoms with E-state index in [4.69, 9.17) is 16.7 Å². The van der Waals surface area contributed by atoms with E-state index in [1.54, 1.807) is 11.3 Å². The highest BCUT2D eigenvalue weighted by Crippen LogP contribution is 2.18. The van der Waals surface area contributed by atoms with Crippen molar-refractivity contribution in [3.05, 3.63) is 56.7 Å². The molecule has 4 heteroatoms. The molecule has 0 aliphatic heterocycles. The number of hydrogen-bond acceptors (Lipinski definition) is 3. The van der Waals surface area contributed by atoms with Crippen LogP contribution in [0.15, 0.2) is 35.7 Å². The van der Waals surface area contributed by atoms with Gasteiger partial charge in [0.1, 0.15) is 6.61 Å². The number of thiophene rings is 1. The van der Waals surface area contributed by atoms with Crippen LogP contribution in [0.2, 0.25) is 5.02 Å². The summed E-state index contributed by atoms with van der Waals surface area (Å²) in [5.74, 6) is 5.58. The molecule has 1 aromatic heterocycles. The summed E-state index contributed by atoms with van der Waals surface area (Å²) in [6, 6.07) is 10.00. The van der Waals surface area contributed by atoms with Crippen LogP contribution >= 0.6 is 22.9 Å². The molecule has 0 radical (unpaired) electrons. The standard InChI is InChI=1S/C16H16ClNOS/c1-18(10-13-4-2-6-15(17)8-13)11-16-9-14(12-20-16)5-3-7-19/h2,4,6,8-9,12,19H,7,10-11H2,1H3. The van der Waals surface area contributed by atoms with Crippen LogP contribution in [0.4, 0.5) is 0 Å². The molecule has 2 rings (SSSR count).